The maximum atomic E-state index is 13.1. The Kier molecular flexibility index (Phi) is 6.86. The van der Waals surface area contributed by atoms with Crippen LogP contribution in [0.15, 0.2) is 76.6 Å². The molecular formula is C28H21Cl2N3O3S. The number of hydrogen-bond donors (Lipinski definition) is 1. The Morgan fingerprint density at radius 3 is 2.59 bits per heavy atom. The maximum Gasteiger partial charge on any atom is 0.335 e. The lowest BCUT2D eigenvalue weighted by Gasteiger charge is -2.10. The fraction of sp³-hybridized carbons (Fsp3) is 0.107. The number of carbonyl (C=O) groups is 2. The van der Waals surface area contributed by atoms with E-state index in [9.17, 15) is 14.7 Å². The molecule has 0 atom stereocenters. The largest absolute Gasteiger partial charge is 0.478 e. The van der Waals surface area contributed by atoms with Crippen LogP contribution in [0.3, 0.4) is 0 Å². The number of nitrogens with zero attached hydrogens (tertiary/aromatic N) is 3. The Morgan fingerprint density at radius 2 is 1.84 bits per heavy atom. The summed E-state index contributed by atoms with van der Waals surface area (Å²) >= 11 is 13.6. The highest BCUT2D eigenvalue weighted by Gasteiger charge is 2.31. The monoisotopic (exact) mass is 549 g/mol. The Morgan fingerprint density at radius 1 is 1.05 bits per heavy atom. The van der Waals surface area contributed by atoms with Gasteiger partial charge in [-0.1, -0.05) is 53.5 Å². The molecule has 1 aromatic heterocycles. The summed E-state index contributed by atoms with van der Waals surface area (Å²) in [5.41, 5.74) is 4.63. The van der Waals surface area contributed by atoms with Crippen LogP contribution in [0.2, 0.25) is 10.0 Å². The number of rotatable bonds is 5. The van der Waals surface area contributed by atoms with Crippen LogP contribution in [0.1, 0.15) is 27.2 Å². The second kappa shape index (κ2) is 10.1. The number of aromatic nitrogens is 1. The van der Waals surface area contributed by atoms with Gasteiger partial charge >= 0.3 is 5.97 Å². The Bertz CT molecular complexity index is 1640. The lowest BCUT2D eigenvalue weighted by atomic mass is 10.1. The molecule has 1 saturated heterocycles. The third-order valence-electron chi connectivity index (χ3n) is 6.20. The zero-order valence-corrected chi connectivity index (χ0v) is 22.2. The molecule has 5 rings (SSSR count). The molecule has 6 nitrogen and oxygen atoms in total. The zero-order chi connectivity index (χ0) is 26.3. The van der Waals surface area contributed by atoms with Crippen LogP contribution in [0.25, 0.3) is 17.0 Å². The second-order valence-corrected chi connectivity index (χ2v) is 10.4. The maximum absolute atomic E-state index is 13.1. The third kappa shape index (κ3) is 4.90. The van der Waals surface area contributed by atoms with Crippen LogP contribution in [-0.4, -0.2) is 38.7 Å². The van der Waals surface area contributed by atoms with Crippen molar-refractivity contribution in [2.45, 2.75) is 13.5 Å². The molecule has 186 valence electrons. The SMILES string of the molecule is Cc1c(/C=C2/SC(=Nc3cccc(C(=O)O)c3)N(C)C2=O)c2ccccc2n1Cc1ccc(Cl)c(Cl)c1. The highest BCUT2D eigenvalue weighted by Crippen LogP contribution is 2.36. The van der Waals surface area contributed by atoms with Gasteiger partial charge in [0.1, 0.15) is 0 Å². The van der Waals surface area contributed by atoms with E-state index in [0.29, 0.717) is 32.4 Å². The van der Waals surface area contributed by atoms with Crippen molar-refractivity contribution >= 4 is 74.7 Å². The summed E-state index contributed by atoms with van der Waals surface area (Å²) < 4.78 is 2.20. The van der Waals surface area contributed by atoms with Crippen LogP contribution >= 0.6 is 35.0 Å². The van der Waals surface area contributed by atoms with Crippen molar-refractivity contribution in [2.24, 2.45) is 4.99 Å². The van der Waals surface area contributed by atoms with Crippen LogP contribution in [0, 0.1) is 6.92 Å². The van der Waals surface area contributed by atoms with E-state index >= 15 is 0 Å². The highest BCUT2D eigenvalue weighted by molar-refractivity contribution is 8.18. The van der Waals surface area contributed by atoms with Gasteiger partial charge in [0.05, 0.1) is 26.2 Å². The molecule has 1 aliphatic heterocycles. The molecule has 0 unspecified atom stereocenters. The number of halogens is 2. The number of carboxylic acid groups (broad SMARTS) is 1. The standard InChI is InChI=1S/C28H21Cl2N3O3S/c1-16-21(20-8-3-4-9-24(20)33(16)15-17-10-11-22(29)23(30)12-17)14-25-26(34)32(2)28(37-25)31-19-7-5-6-18(13-19)27(35)36/h3-14H,15H2,1-2H3,(H,35,36)/b25-14+,31-28?. The summed E-state index contributed by atoms with van der Waals surface area (Å²) in [6, 6.07) is 20.0. The van der Waals surface area contributed by atoms with Gasteiger partial charge in [-0.15, -0.1) is 0 Å². The molecule has 9 heteroatoms. The van der Waals surface area contributed by atoms with Crippen LogP contribution in [0.5, 0.6) is 0 Å². The lowest BCUT2D eigenvalue weighted by molar-refractivity contribution is -0.121. The van der Waals surface area contributed by atoms with E-state index in [4.69, 9.17) is 23.2 Å². The molecule has 1 aliphatic rings. The zero-order valence-electron chi connectivity index (χ0n) is 19.9. The van der Waals surface area contributed by atoms with E-state index in [1.165, 1.54) is 28.8 Å². The summed E-state index contributed by atoms with van der Waals surface area (Å²) in [7, 11) is 1.66. The van der Waals surface area contributed by atoms with Crippen molar-refractivity contribution in [3.8, 4) is 0 Å². The number of amides is 1. The summed E-state index contributed by atoms with van der Waals surface area (Å²) in [4.78, 5) is 31.0. The molecule has 37 heavy (non-hydrogen) atoms. The first-order valence-electron chi connectivity index (χ1n) is 11.3. The van der Waals surface area contributed by atoms with Crippen molar-refractivity contribution in [3.05, 3.63) is 104 Å². The fourth-order valence-corrected chi connectivity index (χ4v) is 5.56. The number of carbonyl (C=O) groups excluding carboxylic acids is 1. The second-order valence-electron chi connectivity index (χ2n) is 8.58. The number of aliphatic imine (C=N–C) groups is 1. The van der Waals surface area contributed by atoms with Gasteiger partial charge in [0.15, 0.2) is 5.17 Å². The van der Waals surface area contributed by atoms with Crippen molar-refractivity contribution in [3.63, 3.8) is 0 Å². The summed E-state index contributed by atoms with van der Waals surface area (Å²) in [5, 5.41) is 11.8. The first kappa shape index (κ1) is 25.1. The normalized spacial score (nSPS) is 15.9. The first-order chi connectivity index (χ1) is 17.7. The van der Waals surface area contributed by atoms with Crippen LogP contribution in [-0.2, 0) is 11.3 Å². The number of fused-ring (bicyclic) bond motifs is 1. The van der Waals surface area contributed by atoms with Crippen molar-refractivity contribution in [1.29, 1.82) is 0 Å². The minimum absolute atomic E-state index is 0.139. The van der Waals surface area contributed by atoms with Gasteiger partial charge < -0.3 is 9.67 Å². The predicted molar refractivity (Wildman–Crippen MR) is 151 cm³/mol. The Hall–Kier alpha value is -3.52. The number of thioether (sulfide) groups is 1. The summed E-state index contributed by atoms with van der Waals surface area (Å²) in [5.74, 6) is -1.20. The minimum Gasteiger partial charge on any atom is -0.478 e. The van der Waals surface area contributed by atoms with Crippen molar-refractivity contribution in [1.82, 2.24) is 9.47 Å². The Labute approximate surface area is 227 Å². The van der Waals surface area contributed by atoms with E-state index in [2.05, 4.69) is 15.6 Å². The average molecular weight is 550 g/mol. The number of aromatic carboxylic acids is 1. The van der Waals surface area contributed by atoms with Gasteiger partial charge in [0, 0.05) is 35.8 Å². The van der Waals surface area contributed by atoms with E-state index in [0.717, 1.165) is 27.7 Å². The molecule has 0 aliphatic carbocycles. The van der Waals surface area contributed by atoms with Crippen LogP contribution < -0.4 is 0 Å². The number of amidine groups is 1. The molecule has 0 saturated carbocycles. The molecule has 0 radical (unpaired) electrons. The summed E-state index contributed by atoms with van der Waals surface area (Å²) in [6.07, 6.45) is 1.91. The quantitative estimate of drug-likeness (QED) is 0.266. The average Bonchev–Trinajstić information content (AvgIpc) is 3.30. The van der Waals surface area contributed by atoms with Gasteiger partial charge in [-0.25, -0.2) is 9.79 Å². The molecular weight excluding hydrogens is 529 g/mol. The van der Waals surface area contributed by atoms with Gasteiger partial charge in [-0.3, -0.25) is 9.69 Å². The molecule has 4 aromatic rings. The number of hydrogen-bond acceptors (Lipinski definition) is 4. The molecule has 3 aromatic carbocycles. The number of benzene rings is 3. The van der Waals surface area contributed by atoms with E-state index in [1.807, 2.05) is 43.3 Å². The molecule has 0 bridgehead atoms. The van der Waals surface area contributed by atoms with E-state index < -0.39 is 5.97 Å². The van der Waals surface area contributed by atoms with Crippen LogP contribution in [0.4, 0.5) is 5.69 Å². The van der Waals surface area contributed by atoms with E-state index in [-0.39, 0.29) is 11.5 Å². The third-order valence-corrected chi connectivity index (χ3v) is 8.00. The number of likely N-dealkylation sites (N-methyl/N-ethyl adjacent to an activating group) is 1. The van der Waals surface area contributed by atoms with Gasteiger partial charge in [0.2, 0.25) is 0 Å². The summed E-state index contributed by atoms with van der Waals surface area (Å²) in [6.45, 7) is 2.63. The molecule has 1 N–H and O–H groups in total. The number of para-hydroxylation sites is 1. The topological polar surface area (TPSA) is 74.9 Å². The Balaban J connectivity index is 1.53. The molecule has 1 amide bonds. The van der Waals surface area contributed by atoms with E-state index in [1.54, 1.807) is 25.2 Å². The lowest BCUT2D eigenvalue weighted by Crippen LogP contribution is -2.23. The fourth-order valence-electron chi connectivity index (χ4n) is 4.27. The molecule has 0 spiro atoms. The van der Waals surface area contributed by atoms with Gasteiger partial charge in [-0.2, -0.15) is 0 Å². The first-order valence-corrected chi connectivity index (χ1v) is 12.9. The highest BCUT2D eigenvalue weighted by atomic mass is 35.5. The van der Waals surface area contributed by atoms with Gasteiger partial charge in [0.25, 0.3) is 5.91 Å². The van der Waals surface area contributed by atoms with Crippen molar-refractivity contribution in [2.75, 3.05) is 7.05 Å². The van der Waals surface area contributed by atoms with Crippen molar-refractivity contribution < 1.29 is 14.7 Å². The molecule has 2 heterocycles. The predicted octanol–water partition coefficient (Wildman–Crippen LogP) is 7.24. The molecule has 1 fully saturated rings. The van der Waals surface area contributed by atoms with Gasteiger partial charge in [-0.05, 0) is 66.7 Å². The minimum atomic E-state index is -1.03. The smallest absolute Gasteiger partial charge is 0.335 e. The number of carboxylic acids is 1.